The van der Waals surface area contributed by atoms with Crippen LogP contribution in [0.4, 0.5) is 5.82 Å². The molecule has 0 bridgehead atoms. The quantitative estimate of drug-likeness (QED) is 0.860. The molecule has 1 saturated heterocycles. The van der Waals surface area contributed by atoms with Crippen molar-refractivity contribution < 1.29 is 0 Å². The van der Waals surface area contributed by atoms with Crippen molar-refractivity contribution >= 4 is 17.4 Å². The number of pyridine rings is 1. The molecule has 1 aromatic heterocycles. The summed E-state index contributed by atoms with van der Waals surface area (Å²) in [6.45, 7) is 7.50. The number of hydrogen-bond acceptors (Lipinski definition) is 5. The Bertz CT molecular complexity index is 444. The third-order valence-electron chi connectivity index (χ3n) is 3.88. The average Bonchev–Trinajstić information content (AvgIpc) is 2.48. The zero-order chi connectivity index (χ0) is 15.2. The maximum atomic E-state index is 6.25. The van der Waals surface area contributed by atoms with Gasteiger partial charge in [0.1, 0.15) is 5.82 Å². The van der Waals surface area contributed by atoms with Crippen LogP contribution in [0.1, 0.15) is 5.69 Å². The molecule has 21 heavy (non-hydrogen) atoms. The fraction of sp³-hybridized carbons (Fsp3) is 0.667. The van der Waals surface area contributed by atoms with E-state index in [4.69, 9.17) is 11.6 Å². The lowest BCUT2D eigenvalue weighted by atomic mass is 10.2. The Labute approximate surface area is 132 Å². The highest BCUT2D eigenvalue weighted by Crippen LogP contribution is 2.19. The van der Waals surface area contributed by atoms with Crippen molar-refractivity contribution in [3.8, 4) is 0 Å². The Kier molecular flexibility index (Phi) is 6.23. The Hall–Kier alpha value is -0.880. The molecule has 0 saturated carbocycles. The lowest BCUT2D eigenvalue weighted by Crippen LogP contribution is -2.47. The number of likely N-dealkylation sites (N-methyl/N-ethyl adjacent to an activating group) is 1. The zero-order valence-electron chi connectivity index (χ0n) is 13.3. The third-order valence-corrected chi connectivity index (χ3v) is 4.22. The number of nitrogens with one attached hydrogen (secondary N) is 1. The fourth-order valence-electron chi connectivity index (χ4n) is 2.46. The summed E-state index contributed by atoms with van der Waals surface area (Å²) in [5, 5.41) is 3.82. The van der Waals surface area contributed by atoms with Crippen LogP contribution < -0.4 is 5.32 Å². The molecule has 1 aliphatic heterocycles. The minimum atomic E-state index is 0.754. The largest absolute Gasteiger partial charge is 0.373 e. The zero-order valence-corrected chi connectivity index (χ0v) is 14.0. The number of halogens is 1. The minimum absolute atomic E-state index is 0.754. The summed E-state index contributed by atoms with van der Waals surface area (Å²) >= 11 is 6.25. The standard InChI is InChI=1S/C15H26ClN5/c1-17-15-5-4-13(16)14(18-15)12-21-10-8-20(9-11-21)7-6-19(2)3/h4-5H,6-12H2,1-3H3,(H,17,18). The van der Waals surface area contributed by atoms with Gasteiger partial charge in [-0.1, -0.05) is 11.6 Å². The normalized spacial score (nSPS) is 17.4. The van der Waals surface area contributed by atoms with E-state index in [-0.39, 0.29) is 0 Å². The second-order valence-electron chi connectivity index (χ2n) is 5.80. The monoisotopic (exact) mass is 311 g/mol. The number of anilines is 1. The predicted molar refractivity (Wildman–Crippen MR) is 89.1 cm³/mol. The highest BCUT2D eigenvalue weighted by atomic mass is 35.5. The van der Waals surface area contributed by atoms with Gasteiger partial charge >= 0.3 is 0 Å². The van der Waals surface area contributed by atoms with E-state index < -0.39 is 0 Å². The maximum Gasteiger partial charge on any atom is 0.126 e. The molecule has 0 amide bonds. The number of hydrogen-bond donors (Lipinski definition) is 1. The van der Waals surface area contributed by atoms with Gasteiger partial charge in [0.2, 0.25) is 0 Å². The Morgan fingerprint density at radius 2 is 1.86 bits per heavy atom. The van der Waals surface area contributed by atoms with E-state index in [1.165, 1.54) is 0 Å². The molecule has 0 spiro atoms. The van der Waals surface area contributed by atoms with Gasteiger partial charge in [-0.05, 0) is 26.2 Å². The lowest BCUT2D eigenvalue weighted by molar-refractivity contribution is 0.119. The molecule has 1 aromatic rings. The van der Waals surface area contributed by atoms with Gasteiger partial charge in [-0.2, -0.15) is 0 Å². The second-order valence-corrected chi connectivity index (χ2v) is 6.20. The molecule has 5 nitrogen and oxygen atoms in total. The summed E-state index contributed by atoms with van der Waals surface area (Å²) in [4.78, 5) is 11.7. The first-order chi connectivity index (χ1) is 10.1. The summed E-state index contributed by atoms with van der Waals surface area (Å²) in [6.07, 6.45) is 0. The van der Waals surface area contributed by atoms with Crippen molar-refractivity contribution in [2.75, 3.05) is 65.7 Å². The first-order valence-electron chi connectivity index (χ1n) is 7.51. The van der Waals surface area contributed by atoms with Gasteiger partial charge in [-0.3, -0.25) is 9.80 Å². The number of nitrogens with zero attached hydrogens (tertiary/aromatic N) is 4. The maximum absolute atomic E-state index is 6.25. The number of aromatic nitrogens is 1. The molecule has 1 aliphatic rings. The third kappa shape index (κ3) is 5.11. The van der Waals surface area contributed by atoms with Crippen molar-refractivity contribution in [2.24, 2.45) is 0 Å². The van der Waals surface area contributed by atoms with E-state index in [1.54, 1.807) is 0 Å². The molecule has 1 fully saturated rings. The van der Waals surface area contributed by atoms with Crippen LogP contribution in [0.3, 0.4) is 0 Å². The van der Waals surface area contributed by atoms with Crippen molar-refractivity contribution in [3.63, 3.8) is 0 Å². The van der Waals surface area contributed by atoms with Crippen LogP contribution >= 0.6 is 11.6 Å². The highest BCUT2D eigenvalue weighted by molar-refractivity contribution is 6.31. The van der Waals surface area contributed by atoms with Crippen molar-refractivity contribution in [3.05, 3.63) is 22.8 Å². The number of rotatable bonds is 6. The van der Waals surface area contributed by atoms with Gasteiger partial charge in [0.05, 0.1) is 10.7 Å². The molecule has 0 aromatic carbocycles. The van der Waals surface area contributed by atoms with Crippen LogP contribution in [0.25, 0.3) is 0 Å². The van der Waals surface area contributed by atoms with Crippen LogP contribution in [-0.4, -0.2) is 80.1 Å². The molecule has 0 aliphatic carbocycles. The van der Waals surface area contributed by atoms with E-state index in [0.717, 1.165) is 62.3 Å². The fourth-order valence-corrected chi connectivity index (χ4v) is 2.62. The van der Waals surface area contributed by atoms with E-state index in [2.05, 4.69) is 39.1 Å². The summed E-state index contributed by atoms with van der Waals surface area (Å²) in [6, 6.07) is 3.83. The topological polar surface area (TPSA) is 34.6 Å². The molecule has 1 N–H and O–H groups in total. The Balaban J connectivity index is 1.83. The summed E-state index contributed by atoms with van der Waals surface area (Å²) in [5.41, 5.74) is 0.963. The van der Waals surface area contributed by atoms with Crippen molar-refractivity contribution in [2.45, 2.75) is 6.54 Å². The van der Waals surface area contributed by atoms with Crippen molar-refractivity contribution in [1.82, 2.24) is 19.7 Å². The van der Waals surface area contributed by atoms with E-state index >= 15 is 0 Å². The Morgan fingerprint density at radius 3 is 2.48 bits per heavy atom. The SMILES string of the molecule is CNc1ccc(Cl)c(CN2CCN(CCN(C)C)CC2)n1. The van der Waals surface area contributed by atoms with Crippen LogP contribution in [-0.2, 0) is 6.54 Å². The molecule has 0 unspecified atom stereocenters. The van der Waals surface area contributed by atoms with Gasteiger partial charge in [0.25, 0.3) is 0 Å². The smallest absolute Gasteiger partial charge is 0.126 e. The van der Waals surface area contributed by atoms with E-state index in [9.17, 15) is 0 Å². The number of piperazine rings is 1. The molecule has 2 rings (SSSR count). The van der Waals surface area contributed by atoms with Gasteiger partial charge < -0.3 is 10.2 Å². The van der Waals surface area contributed by atoms with Gasteiger partial charge in [0.15, 0.2) is 0 Å². The molecule has 6 heteroatoms. The molecular weight excluding hydrogens is 286 g/mol. The Morgan fingerprint density at radius 1 is 1.19 bits per heavy atom. The van der Waals surface area contributed by atoms with Gasteiger partial charge in [0, 0.05) is 52.9 Å². The summed E-state index contributed by atoms with van der Waals surface area (Å²) < 4.78 is 0. The van der Waals surface area contributed by atoms with Crippen LogP contribution in [0.5, 0.6) is 0 Å². The molecule has 0 radical (unpaired) electrons. The molecule has 0 atom stereocenters. The van der Waals surface area contributed by atoms with Gasteiger partial charge in [-0.25, -0.2) is 4.98 Å². The second kappa shape index (κ2) is 7.94. The van der Waals surface area contributed by atoms with Crippen LogP contribution in [0.2, 0.25) is 5.02 Å². The molecule has 2 heterocycles. The first kappa shape index (κ1) is 16.5. The average molecular weight is 312 g/mol. The van der Waals surface area contributed by atoms with Crippen LogP contribution in [0, 0.1) is 0 Å². The first-order valence-corrected chi connectivity index (χ1v) is 7.89. The van der Waals surface area contributed by atoms with Crippen molar-refractivity contribution in [1.29, 1.82) is 0 Å². The van der Waals surface area contributed by atoms with E-state index in [0.29, 0.717) is 0 Å². The van der Waals surface area contributed by atoms with E-state index in [1.807, 2.05) is 19.2 Å². The summed E-state index contributed by atoms with van der Waals surface area (Å²) in [7, 11) is 6.13. The molecule has 118 valence electrons. The predicted octanol–water partition coefficient (Wildman–Crippen LogP) is 1.46. The minimum Gasteiger partial charge on any atom is -0.373 e. The molecular formula is C15H26ClN5. The van der Waals surface area contributed by atoms with Crippen LogP contribution in [0.15, 0.2) is 12.1 Å². The van der Waals surface area contributed by atoms with Gasteiger partial charge in [-0.15, -0.1) is 0 Å². The lowest BCUT2D eigenvalue weighted by Gasteiger charge is -2.35. The summed E-state index contributed by atoms with van der Waals surface area (Å²) in [5.74, 6) is 0.874. The highest BCUT2D eigenvalue weighted by Gasteiger charge is 2.18.